The summed E-state index contributed by atoms with van der Waals surface area (Å²) in [5.74, 6) is -0.347. The lowest BCUT2D eigenvalue weighted by Crippen LogP contribution is -2.35. The molecule has 4 rings (SSSR count). The molecule has 1 aliphatic heterocycles. The van der Waals surface area contributed by atoms with Gasteiger partial charge in [-0.25, -0.2) is 4.68 Å². The molecule has 0 bridgehead atoms. The Balaban J connectivity index is 1.68. The van der Waals surface area contributed by atoms with E-state index in [1.165, 1.54) is 6.20 Å². The summed E-state index contributed by atoms with van der Waals surface area (Å²) in [6.45, 7) is 2.43. The molecule has 2 aromatic heterocycles. The van der Waals surface area contributed by atoms with Gasteiger partial charge in [0.1, 0.15) is 5.75 Å². The molecule has 2 N–H and O–H groups in total. The predicted molar refractivity (Wildman–Crippen MR) is 111 cm³/mol. The van der Waals surface area contributed by atoms with E-state index in [2.05, 4.69) is 10.1 Å². The van der Waals surface area contributed by atoms with Crippen LogP contribution in [0.1, 0.15) is 28.7 Å². The van der Waals surface area contributed by atoms with Crippen molar-refractivity contribution < 1.29 is 19.7 Å². The molecule has 0 aliphatic carbocycles. The maximum absolute atomic E-state index is 11.1. The minimum atomic E-state index is -0.925. The number of aliphatic hydroxyl groups is 1. The van der Waals surface area contributed by atoms with Crippen LogP contribution in [0.2, 0.25) is 5.02 Å². The number of carboxylic acid groups (broad SMARTS) is 1. The number of methoxy groups -OCH3 is 1. The third-order valence-corrected chi connectivity index (χ3v) is 5.52. The summed E-state index contributed by atoms with van der Waals surface area (Å²) in [5, 5.41) is 25.3. The quantitative estimate of drug-likeness (QED) is 0.644. The zero-order valence-electron chi connectivity index (χ0n) is 16.5. The van der Waals surface area contributed by atoms with Crippen LogP contribution in [0.3, 0.4) is 0 Å². The van der Waals surface area contributed by atoms with E-state index in [9.17, 15) is 9.90 Å². The number of nitrogens with zero attached hydrogens (tertiary/aromatic N) is 4. The lowest BCUT2D eigenvalue weighted by molar-refractivity contribution is -0.136. The molecule has 0 amide bonds. The number of halogens is 1. The average molecular weight is 429 g/mol. The third kappa shape index (κ3) is 3.59. The Bertz CT molecular complexity index is 1110. The van der Waals surface area contributed by atoms with Gasteiger partial charge in [-0.3, -0.25) is 9.78 Å². The number of hydrogen-bond donors (Lipinski definition) is 2. The van der Waals surface area contributed by atoms with Crippen molar-refractivity contribution in [1.29, 1.82) is 0 Å². The molecule has 0 radical (unpaired) electrons. The highest BCUT2D eigenvalue weighted by atomic mass is 35.5. The molecule has 8 nitrogen and oxygen atoms in total. The predicted octanol–water partition coefficient (Wildman–Crippen LogP) is 2.92. The van der Waals surface area contributed by atoms with E-state index >= 15 is 0 Å². The van der Waals surface area contributed by atoms with Crippen LogP contribution in [0, 0.1) is 6.92 Å². The zero-order valence-corrected chi connectivity index (χ0v) is 17.3. The Hall–Kier alpha value is -3.10. The van der Waals surface area contributed by atoms with Crippen LogP contribution < -0.4 is 9.64 Å². The van der Waals surface area contributed by atoms with E-state index in [-0.39, 0.29) is 6.42 Å². The Kier molecular flexibility index (Phi) is 5.36. The molecule has 9 heteroatoms. The van der Waals surface area contributed by atoms with Crippen molar-refractivity contribution in [3.8, 4) is 11.4 Å². The van der Waals surface area contributed by atoms with Crippen molar-refractivity contribution in [1.82, 2.24) is 14.8 Å². The second-order valence-electron chi connectivity index (χ2n) is 7.12. The first-order valence-corrected chi connectivity index (χ1v) is 9.79. The van der Waals surface area contributed by atoms with Gasteiger partial charge in [0.2, 0.25) is 0 Å². The lowest BCUT2D eigenvalue weighted by Gasteiger charge is -2.33. The summed E-state index contributed by atoms with van der Waals surface area (Å²) in [7, 11) is 1.56. The topological polar surface area (TPSA) is 101 Å². The molecule has 1 aliphatic rings. The summed E-state index contributed by atoms with van der Waals surface area (Å²) in [6.07, 6.45) is 2.75. The molecule has 1 aromatic carbocycles. The molecule has 156 valence electrons. The van der Waals surface area contributed by atoms with Crippen LogP contribution in [-0.4, -0.2) is 44.6 Å². The number of ether oxygens (including phenoxy) is 1. The van der Waals surface area contributed by atoms with Gasteiger partial charge >= 0.3 is 5.97 Å². The molecule has 0 saturated heterocycles. The minimum Gasteiger partial charge on any atom is -0.495 e. The van der Waals surface area contributed by atoms with Gasteiger partial charge in [0.05, 0.1) is 41.8 Å². The van der Waals surface area contributed by atoms with Gasteiger partial charge in [0.25, 0.3) is 0 Å². The number of carboxylic acids is 1. The fourth-order valence-corrected chi connectivity index (χ4v) is 4.06. The van der Waals surface area contributed by atoms with Gasteiger partial charge < -0.3 is 19.8 Å². The summed E-state index contributed by atoms with van der Waals surface area (Å²) < 4.78 is 6.98. The number of pyridine rings is 1. The zero-order chi connectivity index (χ0) is 21.4. The molecular weight excluding hydrogens is 408 g/mol. The summed E-state index contributed by atoms with van der Waals surface area (Å²) in [4.78, 5) is 17.0. The van der Waals surface area contributed by atoms with Crippen molar-refractivity contribution in [2.45, 2.75) is 26.0 Å². The van der Waals surface area contributed by atoms with Crippen molar-refractivity contribution in [3.05, 3.63) is 64.2 Å². The number of aliphatic carboxylic acids is 1. The maximum atomic E-state index is 11.1. The van der Waals surface area contributed by atoms with E-state index in [0.29, 0.717) is 35.0 Å². The summed E-state index contributed by atoms with van der Waals surface area (Å²) in [6, 6.07) is 7.16. The van der Waals surface area contributed by atoms with E-state index < -0.39 is 12.2 Å². The summed E-state index contributed by atoms with van der Waals surface area (Å²) in [5.41, 5.74) is 4.38. The van der Waals surface area contributed by atoms with Crippen LogP contribution in [0.25, 0.3) is 5.69 Å². The first kappa shape index (κ1) is 20.2. The maximum Gasteiger partial charge on any atom is 0.307 e. The summed E-state index contributed by atoms with van der Waals surface area (Å²) >= 11 is 6.27. The van der Waals surface area contributed by atoms with E-state index in [4.69, 9.17) is 21.4 Å². The highest BCUT2D eigenvalue weighted by Crippen LogP contribution is 2.35. The van der Waals surface area contributed by atoms with Gasteiger partial charge in [-0.1, -0.05) is 11.6 Å². The number of carbonyl (C=O) groups is 1. The van der Waals surface area contributed by atoms with Crippen molar-refractivity contribution in [2.24, 2.45) is 0 Å². The minimum absolute atomic E-state index is 0.120. The number of hydrogen-bond acceptors (Lipinski definition) is 6. The van der Waals surface area contributed by atoms with Gasteiger partial charge in [0, 0.05) is 30.4 Å². The molecule has 1 unspecified atom stereocenters. The molecule has 0 saturated carbocycles. The third-order valence-electron chi connectivity index (χ3n) is 5.23. The molecule has 3 aromatic rings. The smallest absolute Gasteiger partial charge is 0.307 e. The molecule has 0 spiro atoms. The Morgan fingerprint density at radius 2 is 2.10 bits per heavy atom. The molecular formula is C21H21ClN4O4. The standard InChI is InChI=1S/C21H21ClN4O4/c1-12-20-17(24-26(12)14-3-4-18(30-2)16(22)9-14)5-6-25(21(20)29)15-7-13(8-19(27)28)10-23-11-15/h3-4,7,9-11,21,29H,5-6,8H2,1-2H3,(H,27,28). The normalized spacial score (nSPS) is 15.7. The fourth-order valence-electron chi connectivity index (χ4n) is 3.81. The van der Waals surface area contributed by atoms with Crippen LogP contribution >= 0.6 is 11.6 Å². The molecule has 3 heterocycles. The van der Waals surface area contributed by atoms with Gasteiger partial charge in [0.15, 0.2) is 6.23 Å². The average Bonchev–Trinajstić information content (AvgIpc) is 3.05. The number of fused-ring (bicyclic) bond motifs is 1. The molecule has 1 atom stereocenters. The van der Waals surface area contributed by atoms with Crippen LogP contribution in [0.5, 0.6) is 5.75 Å². The largest absolute Gasteiger partial charge is 0.495 e. The number of anilines is 1. The first-order chi connectivity index (χ1) is 14.4. The van der Waals surface area contributed by atoms with Gasteiger partial charge in [-0.15, -0.1) is 0 Å². The van der Waals surface area contributed by atoms with Crippen LogP contribution in [0.4, 0.5) is 5.69 Å². The molecule has 0 fully saturated rings. The van der Waals surface area contributed by atoms with Crippen molar-refractivity contribution in [3.63, 3.8) is 0 Å². The van der Waals surface area contributed by atoms with Crippen molar-refractivity contribution in [2.75, 3.05) is 18.6 Å². The second-order valence-corrected chi connectivity index (χ2v) is 7.52. The van der Waals surface area contributed by atoms with Crippen molar-refractivity contribution >= 4 is 23.3 Å². The van der Waals surface area contributed by atoms with E-state index in [1.54, 1.807) is 41.1 Å². The Morgan fingerprint density at radius 3 is 2.80 bits per heavy atom. The van der Waals surface area contributed by atoms with Crippen LogP contribution in [-0.2, 0) is 17.6 Å². The van der Waals surface area contributed by atoms with E-state index in [1.807, 2.05) is 13.0 Å². The fraction of sp³-hybridized carbons (Fsp3) is 0.286. The number of rotatable bonds is 5. The highest BCUT2D eigenvalue weighted by molar-refractivity contribution is 6.32. The first-order valence-electron chi connectivity index (χ1n) is 9.41. The number of benzene rings is 1. The van der Waals surface area contributed by atoms with Gasteiger partial charge in [-0.2, -0.15) is 5.10 Å². The second kappa shape index (κ2) is 7.97. The monoisotopic (exact) mass is 428 g/mol. The number of aliphatic hydroxyl groups excluding tert-OH is 1. The lowest BCUT2D eigenvalue weighted by atomic mass is 10.0. The van der Waals surface area contributed by atoms with E-state index in [0.717, 1.165) is 22.6 Å². The number of aromatic nitrogens is 3. The Morgan fingerprint density at radius 1 is 1.30 bits per heavy atom. The highest BCUT2D eigenvalue weighted by Gasteiger charge is 2.31. The molecule has 30 heavy (non-hydrogen) atoms. The Labute approximate surface area is 178 Å². The SMILES string of the molecule is COc1ccc(-n2nc3c(c2C)C(O)N(c2cncc(CC(=O)O)c2)CC3)cc1Cl. The van der Waals surface area contributed by atoms with Gasteiger partial charge in [-0.05, 0) is 36.8 Å². The van der Waals surface area contributed by atoms with Crippen LogP contribution in [0.15, 0.2) is 36.7 Å².